The number of likely N-dealkylation sites (tertiary alicyclic amines) is 1. The van der Waals surface area contributed by atoms with Gasteiger partial charge in [0.25, 0.3) is 5.91 Å². The third-order valence-electron chi connectivity index (χ3n) is 4.77. The molecule has 0 spiro atoms. The molecule has 138 valence electrons. The zero-order chi connectivity index (χ0) is 19.0. The molecule has 1 fully saturated rings. The highest BCUT2D eigenvalue weighted by Gasteiger charge is 2.34. The zero-order valence-corrected chi connectivity index (χ0v) is 14.7. The Morgan fingerprint density at radius 2 is 2.00 bits per heavy atom. The Kier molecular flexibility index (Phi) is 4.27. The minimum Gasteiger partial charge on any atom is -0.497 e. The third-order valence-corrected chi connectivity index (χ3v) is 4.77. The van der Waals surface area contributed by atoms with Crippen LogP contribution in [-0.2, 0) is 4.79 Å². The predicted molar refractivity (Wildman–Crippen MR) is 97.7 cm³/mol. The van der Waals surface area contributed by atoms with Gasteiger partial charge in [-0.3, -0.25) is 4.79 Å². The van der Waals surface area contributed by atoms with Crippen molar-refractivity contribution in [2.45, 2.75) is 18.9 Å². The van der Waals surface area contributed by atoms with E-state index in [0.717, 1.165) is 5.56 Å². The van der Waals surface area contributed by atoms with Gasteiger partial charge in [0, 0.05) is 23.7 Å². The van der Waals surface area contributed by atoms with Gasteiger partial charge in [0.15, 0.2) is 5.58 Å². The molecule has 0 unspecified atom stereocenters. The molecule has 3 aromatic rings. The van der Waals surface area contributed by atoms with Gasteiger partial charge >= 0.3 is 5.97 Å². The minimum absolute atomic E-state index is 0.270. The number of hydrogen-bond acceptors (Lipinski definition) is 5. The standard InChI is InChI=1S/C20H18N2O5/c1-26-14-8-9-15-17(11-14)27-18(21-15)12-4-6-13(7-5-12)19(23)22-10-2-3-16(22)20(24)25/h4-9,11,16H,2-3,10H2,1H3,(H,24,25)/t16-/m0/s1. The molecule has 7 nitrogen and oxygen atoms in total. The van der Waals surface area contributed by atoms with Crippen LogP contribution in [0.1, 0.15) is 23.2 Å². The quantitative estimate of drug-likeness (QED) is 0.762. The number of hydrogen-bond donors (Lipinski definition) is 1. The first kappa shape index (κ1) is 17.1. The number of methoxy groups -OCH3 is 1. The summed E-state index contributed by atoms with van der Waals surface area (Å²) >= 11 is 0. The highest BCUT2D eigenvalue weighted by atomic mass is 16.5. The summed E-state index contributed by atoms with van der Waals surface area (Å²) in [5.74, 6) is -0.0975. The second-order valence-electron chi connectivity index (χ2n) is 6.42. The zero-order valence-electron chi connectivity index (χ0n) is 14.7. The largest absolute Gasteiger partial charge is 0.497 e. The molecule has 2 aromatic carbocycles. The van der Waals surface area contributed by atoms with Crippen LogP contribution in [0, 0.1) is 0 Å². The van der Waals surface area contributed by atoms with Gasteiger partial charge in [-0.25, -0.2) is 9.78 Å². The first-order valence-corrected chi connectivity index (χ1v) is 8.65. The van der Waals surface area contributed by atoms with Crippen LogP contribution in [-0.4, -0.2) is 46.6 Å². The van der Waals surface area contributed by atoms with E-state index < -0.39 is 12.0 Å². The van der Waals surface area contributed by atoms with Gasteiger partial charge in [-0.2, -0.15) is 0 Å². The molecule has 1 saturated heterocycles. The van der Waals surface area contributed by atoms with Crippen LogP contribution in [0.15, 0.2) is 46.9 Å². The maximum absolute atomic E-state index is 12.6. The van der Waals surface area contributed by atoms with Crippen molar-refractivity contribution in [3.05, 3.63) is 48.0 Å². The molecule has 7 heteroatoms. The van der Waals surface area contributed by atoms with E-state index in [1.165, 1.54) is 4.90 Å². The van der Waals surface area contributed by atoms with Gasteiger partial charge in [0.1, 0.15) is 17.3 Å². The molecule has 1 amide bonds. The first-order valence-electron chi connectivity index (χ1n) is 8.65. The maximum Gasteiger partial charge on any atom is 0.326 e. The SMILES string of the molecule is COc1ccc2nc(-c3ccc(C(=O)N4CCC[C@H]4C(=O)O)cc3)oc2c1. The number of rotatable bonds is 4. The topological polar surface area (TPSA) is 92.9 Å². The predicted octanol–water partition coefficient (Wildman–Crippen LogP) is 3.19. The average Bonchev–Trinajstić information content (AvgIpc) is 3.34. The molecule has 1 aliphatic rings. The average molecular weight is 366 g/mol. The number of aliphatic carboxylic acids is 1. The van der Waals surface area contributed by atoms with Crippen LogP contribution in [0.4, 0.5) is 0 Å². The summed E-state index contributed by atoms with van der Waals surface area (Å²) in [6.07, 6.45) is 1.19. The number of amides is 1. The molecule has 0 radical (unpaired) electrons. The summed E-state index contributed by atoms with van der Waals surface area (Å²) in [5.41, 5.74) is 2.51. The first-order chi connectivity index (χ1) is 13.1. The van der Waals surface area contributed by atoms with Crippen molar-refractivity contribution in [3.8, 4) is 17.2 Å². The molecule has 1 N–H and O–H groups in total. The van der Waals surface area contributed by atoms with Crippen LogP contribution >= 0.6 is 0 Å². The Balaban J connectivity index is 1.58. The Morgan fingerprint density at radius 3 is 2.70 bits per heavy atom. The lowest BCUT2D eigenvalue weighted by molar-refractivity contribution is -0.141. The van der Waals surface area contributed by atoms with Crippen molar-refractivity contribution in [3.63, 3.8) is 0 Å². The highest BCUT2D eigenvalue weighted by Crippen LogP contribution is 2.28. The van der Waals surface area contributed by atoms with Crippen molar-refractivity contribution in [2.24, 2.45) is 0 Å². The van der Waals surface area contributed by atoms with Gasteiger partial charge in [-0.15, -0.1) is 0 Å². The minimum atomic E-state index is -0.959. The summed E-state index contributed by atoms with van der Waals surface area (Å²) in [5, 5.41) is 9.26. The molecule has 0 aliphatic carbocycles. The van der Waals surface area contributed by atoms with E-state index in [9.17, 15) is 14.7 Å². The molecule has 2 heterocycles. The number of carboxylic acid groups (broad SMARTS) is 1. The number of carboxylic acids is 1. The fraction of sp³-hybridized carbons (Fsp3) is 0.250. The van der Waals surface area contributed by atoms with Crippen molar-refractivity contribution in [1.82, 2.24) is 9.88 Å². The van der Waals surface area contributed by atoms with Crippen LogP contribution in [0.2, 0.25) is 0 Å². The number of carbonyl (C=O) groups excluding carboxylic acids is 1. The van der Waals surface area contributed by atoms with E-state index in [1.54, 1.807) is 37.4 Å². The molecular formula is C20H18N2O5. The van der Waals surface area contributed by atoms with E-state index in [2.05, 4.69) is 4.98 Å². The summed E-state index contributed by atoms with van der Waals surface area (Å²) < 4.78 is 11.0. The molecule has 0 saturated carbocycles. The molecule has 27 heavy (non-hydrogen) atoms. The van der Waals surface area contributed by atoms with Crippen molar-refractivity contribution < 1.29 is 23.8 Å². The normalized spacial score (nSPS) is 16.6. The lowest BCUT2D eigenvalue weighted by Crippen LogP contribution is -2.40. The molecule has 1 aliphatic heterocycles. The second kappa shape index (κ2) is 6.75. The van der Waals surface area contributed by atoms with Gasteiger partial charge < -0.3 is 19.2 Å². The van der Waals surface area contributed by atoms with E-state index in [1.807, 2.05) is 12.1 Å². The molecular weight excluding hydrogens is 348 g/mol. The van der Waals surface area contributed by atoms with Gasteiger partial charge in [-0.05, 0) is 49.2 Å². The van der Waals surface area contributed by atoms with Crippen LogP contribution in [0.3, 0.4) is 0 Å². The van der Waals surface area contributed by atoms with E-state index >= 15 is 0 Å². The van der Waals surface area contributed by atoms with Crippen LogP contribution < -0.4 is 4.74 Å². The molecule has 4 rings (SSSR count). The Bertz CT molecular complexity index is 1010. The monoisotopic (exact) mass is 366 g/mol. The lowest BCUT2D eigenvalue weighted by Gasteiger charge is -2.21. The summed E-state index contributed by atoms with van der Waals surface area (Å²) in [6.45, 7) is 0.463. The Morgan fingerprint density at radius 1 is 1.22 bits per heavy atom. The Labute approximate surface area is 155 Å². The third kappa shape index (κ3) is 3.12. The molecule has 1 atom stereocenters. The van der Waals surface area contributed by atoms with Crippen molar-refractivity contribution in [1.29, 1.82) is 0 Å². The number of fused-ring (bicyclic) bond motifs is 1. The number of ether oxygens (including phenoxy) is 1. The lowest BCUT2D eigenvalue weighted by atomic mass is 10.1. The van der Waals surface area contributed by atoms with E-state index in [-0.39, 0.29) is 5.91 Å². The van der Waals surface area contributed by atoms with E-state index in [0.29, 0.717) is 47.7 Å². The van der Waals surface area contributed by atoms with E-state index in [4.69, 9.17) is 9.15 Å². The van der Waals surface area contributed by atoms with Crippen molar-refractivity contribution in [2.75, 3.05) is 13.7 Å². The van der Waals surface area contributed by atoms with Gasteiger partial charge in [-0.1, -0.05) is 0 Å². The maximum atomic E-state index is 12.6. The van der Waals surface area contributed by atoms with Gasteiger partial charge in [0.2, 0.25) is 5.89 Å². The molecule has 1 aromatic heterocycles. The number of aromatic nitrogens is 1. The van der Waals surface area contributed by atoms with Crippen molar-refractivity contribution >= 4 is 23.0 Å². The summed E-state index contributed by atoms with van der Waals surface area (Å²) in [6, 6.07) is 11.5. The van der Waals surface area contributed by atoms with Crippen LogP contribution in [0.25, 0.3) is 22.6 Å². The summed E-state index contributed by atoms with van der Waals surface area (Å²) in [7, 11) is 1.59. The molecule has 0 bridgehead atoms. The smallest absolute Gasteiger partial charge is 0.326 e. The summed E-state index contributed by atoms with van der Waals surface area (Å²) in [4.78, 5) is 29.8. The fourth-order valence-corrected chi connectivity index (χ4v) is 3.34. The number of carbonyl (C=O) groups is 2. The van der Waals surface area contributed by atoms with Gasteiger partial charge in [0.05, 0.1) is 7.11 Å². The number of oxazole rings is 1. The number of benzene rings is 2. The highest BCUT2D eigenvalue weighted by molar-refractivity contribution is 5.97. The fourth-order valence-electron chi connectivity index (χ4n) is 3.34. The Hall–Kier alpha value is -3.35. The van der Waals surface area contributed by atoms with Crippen LogP contribution in [0.5, 0.6) is 5.75 Å². The number of nitrogens with zero attached hydrogens (tertiary/aromatic N) is 2. The second-order valence-corrected chi connectivity index (χ2v) is 6.42.